The van der Waals surface area contributed by atoms with Crippen LogP contribution >= 0.6 is 38.9 Å². The number of hydrogen-bond donors (Lipinski definition) is 0. The summed E-state index contributed by atoms with van der Waals surface area (Å²) in [4.78, 5) is 21.4. The van der Waals surface area contributed by atoms with E-state index in [0.29, 0.717) is 6.42 Å². The molecule has 4 rings (SSSR count). The number of amides is 1. The van der Waals surface area contributed by atoms with Crippen LogP contribution in [0.4, 0.5) is 5.13 Å². The first-order valence-corrected chi connectivity index (χ1v) is 10.4. The van der Waals surface area contributed by atoms with Crippen molar-refractivity contribution in [3.8, 4) is 0 Å². The second-order valence-electron chi connectivity index (χ2n) is 6.28. The highest BCUT2D eigenvalue weighted by molar-refractivity contribution is 9.10. The smallest absolute Gasteiger partial charge is 0.227 e. The van der Waals surface area contributed by atoms with Gasteiger partial charge in [0.2, 0.25) is 5.91 Å². The number of anilines is 1. The minimum Gasteiger partial charge on any atom is -0.345 e. The number of rotatable bonds is 3. The summed E-state index contributed by atoms with van der Waals surface area (Å²) >= 11 is 11.1. The van der Waals surface area contributed by atoms with E-state index in [1.165, 1.54) is 0 Å². The van der Waals surface area contributed by atoms with Crippen LogP contribution in [0.25, 0.3) is 10.2 Å². The van der Waals surface area contributed by atoms with Crippen molar-refractivity contribution in [2.75, 3.05) is 31.1 Å². The predicted molar refractivity (Wildman–Crippen MR) is 111 cm³/mol. The second kappa shape index (κ2) is 7.55. The number of thiazole rings is 1. The van der Waals surface area contributed by atoms with Gasteiger partial charge >= 0.3 is 0 Å². The summed E-state index contributed by atoms with van der Waals surface area (Å²) in [5.41, 5.74) is 2.02. The van der Waals surface area contributed by atoms with Crippen LogP contribution in [0, 0.1) is 0 Å². The number of aromatic nitrogens is 1. The van der Waals surface area contributed by atoms with Crippen molar-refractivity contribution in [2.45, 2.75) is 6.42 Å². The fourth-order valence-electron chi connectivity index (χ4n) is 3.06. The van der Waals surface area contributed by atoms with Gasteiger partial charge in [-0.05, 0) is 35.9 Å². The minimum absolute atomic E-state index is 0.183. The standard InChI is InChI=1S/C19H17BrClN3OS/c20-14-3-1-13(2-4-14)11-18(25)23-7-9-24(10-8-23)19-22-16-6-5-15(21)12-17(16)26-19/h1-6,12H,7-11H2. The molecule has 3 aromatic rings. The highest BCUT2D eigenvalue weighted by Crippen LogP contribution is 2.31. The molecule has 7 heteroatoms. The lowest BCUT2D eigenvalue weighted by Crippen LogP contribution is -2.49. The normalized spacial score (nSPS) is 14.8. The average Bonchev–Trinajstić information content (AvgIpc) is 3.07. The van der Waals surface area contributed by atoms with Gasteiger partial charge in [-0.3, -0.25) is 4.79 Å². The van der Waals surface area contributed by atoms with Gasteiger partial charge in [-0.25, -0.2) is 4.98 Å². The molecule has 26 heavy (non-hydrogen) atoms. The van der Waals surface area contributed by atoms with Gasteiger partial charge in [0.05, 0.1) is 16.6 Å². The van der Waals surface area contributed by atoms with Gasteiger partial charge in [-0.1, -0.05) is 51.0 Å². The monoisotopic (exact) mass is 449 g/mol. The zero-order valence-corrected chi connectivity index (χ0v) is 17.1. The molecule has 0 spiro atoms. The summed E-state index contributed by atoms with van der Waals surface area (Å²) in [6.07, 6.45) is 0.451. The molecule has 0 saturated carbocycles. The molecule has 0 bridgehead atoms. The quantitative estimate of drug-likeness (QED) is 0.585. The Labute approximate surface area is 169 Å². The molecule has 0 radical (unpaired) electrons. The van der Waals surface area contributed by atoms with Crippen molar-refractivity contribution in [3.63, 3.8) is 0 Å². The van der Waals surface area contributed by atoms with Gasteiger partial charge in [-0.2, -0.15) is 0 Å². The van der Waals surface area contributed by atoms with Gasteiger partial charge < -0.3 is 9.80 Å². The van der Waals surface area contributed by atoms with Crippen LogP contribution in [-0.4, -0.2) is 42.0 Å². The van der Waals surface area contributed by atoms with Crippen molar-refractivity contribution in [1.82, 2.24) is 9.88 Å². The Hall–Kier alpha value is -1.63. The van der Waals surface area contributed by atoms with E-state index in [0.717, 1.165) is 56.6 Å². The Balaban J connectivity index is 1.38. The van der Waals surface area contributed by atoms with Crippen molar-refractivity contribution in [1.29, 1.82) is 0 Å². The van der Waals surface area contributed by atoms with Gasteiger partial charge in [0.25, 0.3) is 0 Å². The van der Waals surface area contributed by atoms with Crippen molar-refractivity contribution < 1.29 is 4.79 Å². The zero-order valence-electron chi connectivity index (χ0n) is 14.0. The average molecular weight is 451 g/mol. The molecule has 1 saturated heterocycles. The summed E-state index contributed by atoms with van der Waals surface area (Å²) in [6.45, 7) is 3.07. The topological polar surface area (TPSA) is 36.4 Å². The highest BCUT2D eigenvalue weighted by Gasteiger charge is 2.23. The van der Waals surface area contributed by atoms with Crippen LogP contribution in [0.3, 0.4) is 0 Å². The lowest BCUT2D eigenvalue weighted by atomic mass is 10.1. The first-order valence-electron chi connectivity index (χ1n) is 8.42. The number of hydrogen-bond acceptors (Lipinski definition) is 4. The number of benzene rings is 2. The van der Waals surface area contributed by atoms with Crippen molar-refractivity contribution >= 4 is 60.1 Å². The van der Waals surface area contributed by atoms with Crippen LogP contribution in [-0.2, 0) is 11.2 Å². The maximum Gasteiger partial charge on any atom is 0.227 e. The molecule has 0 N–H and O–H groups in total. The number of carbonyl (C=O) groups is 1. The van der Waals surface area contributed by atoms with Gasteiger partial charge in [-0.15, -0.1) is 0 Å². The third-order valence-electron chi connectivity index (χ3n) is 4.51. The van der Waals surface area contributed by atoms with Gasteiger partial charge in [0.15, 0.2) is 5.13 Å². The highest BCUT2D eigenvalue weighted by atomic mass is 79.9. The number of piperazine rings is 1. The molecule has 134 valence electrons. The Morgan fingerprint density at radius 1 is 1.12 bits per heavy atom. The summed E-state index contributed by atoms with van der Waals surface area (Å²) in [5, 5.41) is 1.73. The summed E-state index contributed by atoms with van der Waals surface area (Å²) in [6, 6.07) is 13.7. The van der Waals surface area contributed by atoms with Crippen molar-refractivity contribution in [3.05, 3.63) is 57.5 Å². The fraction of sp³-hybridized carbons (Fsp3) is 0.263. The third-order valence-corrected chi connectivity index (χ3v) is 6.35. The Kier molecular flexibility index (Phi) is 5.16. The van der Waals surface area contributed by atoms with E-state index in [2.05, 4.69) is 20.8 Å². The van der Waals surface area contributed by atoms with Crippen LogP contribution in [0.2, 0.25) is 5.02 Å². The summed E-state index contributed by atoms with van der Waals surface area (Å²) in [5.74, 6) is 0.183. The van der Waals surface area contributed by atoms with Crippen LogP contribution in [0.5, 0.6) is 0 Å². The molecular formula is C19H17BrClN3OS. The largest absolute Gasteiger partial charge is 0.345 e. The molecule has 2 heterocycles. The molecule has 0 unspecified atom stereocenters. The van der Waals surface area contributed by atoms with Crippen molar-refractivity contribution in [2.24, 2.45) is 0 Å². The molecule has 1 fully saturated rings. The van der Waals surface area contributed by atoms with E-state index in [-0.39, 0.29) is 5.91 Å². The fourth-order valence-corrected chi connectivity index (χ4v) is 4.62. The molecule has 0 aliphatic carbocycles. The molecule has 1 aliphatic heterocycles. The van der Waals surface area contributed by atoms with E-state index in [1.807, 2.05) is 47.4 Å². The SMILES string of the molecule is O=C(Cc1ccc(Br)cc1)N1CCN(c2nc3ccc(Cl)cc3s2)CC1. The predicted octanol–water partition coefficient (Wildman–Crippen LogP) is 4.60. The molecular weight excluding hydrogens is 434 g/mol. The van der Waals surface area contributed by atoms with Crippen LogP contribution in [0.15, 0.2) is 46.9 Å². The maximum absolute atomic E-state index is 12.5. The Bertz CT molecular complexity index is 936. The molecule has 0 atom stereocenters. The summed E-state index contributed by atoms with van der Waals surface area (Å²) in [7, 11) is 0. The lowest BCUT2D eigenvalue weighted by molar-refractivity contribution is -0.130. The molecule has 1 aromatic heterocycles. The number of halogens is 2. The van der Waals surface area contributed by atoms with E-state index < -0.39 is 0 Å². The van der Waals surface area contributed by atoms with E-state index in [9.17, 15) is 4.79 Å². The Morgan fingerprint density at radius 2 is 1.85 bits per heavy atom. The van der Waals surface area contributed by atoms with E-state index >= 15 is 0 Å². The number of carbonyl (C=O) groups excluding carboxylic acids is 1. The second-order valence-corrected chi connectivity index (χ2v) is 8.64. The third kappa shape index (κ3) is 3.87. The summed E-state index contributed by atoms with van der Waals surface area (Å²) < 4.78 is 2.13. The van der Waals surface area contributed by atoms with Crippen LogP contribution < -0.4 is 4.90 Å². The first kappa shape index (κ1) is 17.8. The first-order chi connectivity index (χ1) is 12.6. The van der Waals surface area contributed by atoms with Gasteiger partial charge in [0, 0.05) is 35.7 Å². The maximum atomic E-state index is 12.5. The lowest BCUT2D eigenvalue weighted by Gasteiger charge is -2.34. The Morgan fingerprint density at radius 3 is 2.58 bits per heavy atom. The minimum atomic E-state index is 0.183. The zero-order chi connectivity index (χ0) is 18.1. The molecule has 2 aromatic carbocycles. The van der Waals surface area contributed by atoms with Crippen LogP contribution in [0.1, 0.15) is 5.56 Å². The number of nitrogens with zero attached hydrogens (tertiary/aromatic N) is 3. The van der Waals surface area contributed by atoms with E-state index in [4.69, 9.17) is 16.6 Å². The number of fused-ring (bicyclic) bond motifs is 1. The molecule has 1 aliphatic rings. The van der Waals surface area contributed by atoms with Gasteiger partial charge in [0.1, 0.15) is 0 Å². The molecule has 4 nitrogen and oxygen atoms in total. The van der Waals surface area contributed by atoms with E-state index in [1.54, 1.807) is 11.3 Å². The molecule has 1 amide bonds.